The molecule has 5 nitrogen and oxygen atoms in total. The Morgan fingerprint density at radius 2 is 1.35 bits per heavy atom. The van der Waals surface area contributed by atoms with E-state index in [1.165, 1.54) is 34.1 Å². The number of rotatable bonds is 9. The minimum atomic E-state index is -3.81. The maximum atomic E-state index is 13.6. The molecule has 1 fully saturated rings. The third-order valence-corrected chi connectivity index (χ3v) is 9.11. The Morgan fingerprint density at radius 1 is 0.838 bits per heavy atom. The molecule has 3 aromatic carbocycles. The van der Waals surface area contributed by atoms with Gasteiger partial charge in [0.1, 0.15) is 11.6 Å². The summed E-state index contributed by atoms with van der Waals surface area (Å²) in [6, 6.07) is 19.1. The summed E-state index contributed by atoms with van der Waals surface area (Å²) in [5, 5.41) is 3.07. The first-order valence-electron chi connectivity index (χ1n) is 12.6. The summed E-state index contributed by atoms with van der Waals surface area (Å²) in [7, 11) is -3.81. The molecule has 1 aliphatic heterocycles. The molecule has 1 saturated heterocycles. The average Bonchev–Trinajstić information content (AvgIpc) is 2.91. The highest BCUT2D eigenvalue weighted by Gasteiger charge is 2.43. The standard InChI is InChI=1S/C29H32F2N2O3S/c1-2-22-3-5-23(6-4-22)15-18-32-28(34)29(21-24-7-9-25(30)10-8-24)16-19-33(20-17-29)37(35,36)27-13-11-26(31)12-14-27/h3-14H,2,15-21H2,1H3,(H,32,34). The second kappa shape index (κ2) is 11.5. The van der Waals surface area contributed by atoms with Crippen LogP contribution in [0.15, 0.2) is 77.7 Å². The second-order valence-electron chi connectivity index (χ2n) is 9.62. The summed E-state index contributed by atoms with van der Waals surface area (Å²) in [6.45, 7) is 2.89. The fourth-order valence-electron chi connectivity index (χ4n) is 4.84. The summed E-state index contributed by atoms with van der Waals surface area (Å²) in [5.41, 5.74) is 2.39. The highest BCUT2D eigenvalue weighted by atomic mass is 32.2. The number of carbonyl (C=O) groups excluding carboxylic acids is 1. The summed E-state index contributed by atoms with van der Waals surface area (Å²) in [6.07, 6.45) is 2.68. The summed E-state index contributed by atoms with van der Waals surface area (Å²) >= 11 is 0. The third-order valence-electron chi connectivity index (χ3n) is 7.20. The van der Waals surface area contributed by atoms with Crippen molar-refractivity contribution in [3.8, 4) is 0 Å². The van der Waals surface area contributed by atoms with Crippen molar-refractivity contribution >= 4 is 15.9 Å². The molecule has 37 heavy (non-hydrogen) atoms. The lowest BCUT2D eigenvalue weighted by molar-refractivity contribution is -0.133. The molecule has 0 radical (unpaired) electrons. The van der Waals surface area contributed by atoms with E-state index in [1.807, 2.05) is 0 Å². The van der Waals surface area contributed by atoms with E-state index in [4.69, 9.17) is 0 Å². The average molecular weight is 527 g/mol. The number of amides is 1. The quantitative estimate of drug-likeness (QED) is 0.431. The topological polar surface area (TPSA) is 66.5 Å². The summed E-state index contributed by atoms with van der Waals surface area (Å²) < 4.78 is 54.4. The maximum absolute atomic E-state index is 13.6. The van der Waals surface area contributed by atoms with E-state index in [2.05, 4.69) is 36.5 Å². The van der Waals surface area contributed by atoms with Crippen molar-refractivity contribution in [3.63, 3.8) is 0 Å². The fourth-order valence-corrected chi connectivity index (χ4v) is 6.28. The van der Waals surface area contributed by atoms with E-state index in [1.54, 1.807) is 12.1 Å². The van der Waals surface area contributed by atoms with Gasteiger partial charge in [0.15, 0.2) is 0 Å². The van der Waals surface area contributed by atoms with Crippen LogP contribution in [0.5, 0.6) is 0 Å². The van der Waals surface area contributed by atoms with E-state index in [0.29, 0.717) is 32.2 Å². The Morgan fingerprint density at radius 3 is 1.92 bits per heavy atom. The first kappa shape index (κ1) is 26.9. The number of piperidine rings is 1. The molecule has 0 atom stereocenters. The third kappa shape index (κ3) is 6.43. The first-order valence-corrected chi connectivity index (χ1v) is 14.0. The zero-order valence-corrected chi connectivity index (χ0v) is 21.7. The van der Waals surface area contributed by atoms with Crippen molar-refractivity contribution in [2.75, 3.05) is 19.6 Å². The zero-order chi connectivity index (χ0) is 26.5. The molecule has 1 N–H and O–H groups in total. The Labute approximate surface area is 217 Å². The van der Waals surface area contributed by atoms with Gasteiger partial charge >= 0.3 is 0 Å². The maximum Gasteiger partial charge on any atom is 0.243 e. The molecule has 4 rings (SSSR count). The number of sulfonamides is 1. The van der Waals surface area contributed by atoms with Crippen molar-refractivity contribution in [1.29, 1.82) is 0 Å². The predicted molar refractivity (Wildman–Crippen MR) is 139 cm³/mol. The van der Waals surface area contributed by atoms with E-state index < -0.39 is 21.3 Å². The van der Waals surface area contributed by atoms with Gasteiger partial charge in [-0.1, -0.05) is 43.3 Å². The van der Waals surface area contributed by atoms with Gasteiger partial charge in [0, 0.05) is 19.6 Å². The van der Waals surface area contributed by atoms with Crippen LogP contribution in [0.2, 0.25) is 0 Å². The van der Waals surface area contributed by atoms with Crippen LogP contribution in [-0.2, 0) is 34.1 Å². The number of nitrogens with zero attached hydrogens (tertiary/aromatic N) is 1. The number of hydrogen-bond acceptors (Lipinski definition) is 3. The molecular formula is C29H32F2N2O3S. The number of halogens is 2. The minimum absolute atomic E-state index is 0.0264. The second-order valence-corrected chi connectivity index (χ2v) is 11.6. The van der Waals surface area contributed by atoms with Crippen molar-refractivity contribution < 1.29 is 22.0 Å². The van der Waals surface area contributed by atoms with Crippen LogP contribution in [0.1, 0.15) is 36.5 Å². The van der Waals surface area contributed by atoms with Crippen molar-refractivity contribution in [3.05, 3.63) is 101 Å². The minimum Gasteiger partial charge on any atom is -0.355 e. The van der Waals surface area contributed by atoms with Crippen LogP contribution in [0.25, 0.3) is 0 Å². The number of hydrogen-bond donors (Lipinski definition) is 1. The highest BCUT2D eigenvalue weighted by molar-refractivity contribution is 7.89. The van der Waals surface area contributed by atoms with E-state index in [9.17, 15) is 22.0 Å². The lowest BCUT2D eigenvalue weighted by Crippen LogP contribution is -2.51. The first-order chi connectivity index (χ1) is 17.7. The molecule has 1 heterocycles. The molecule has 0 unspecified atom stereocenters. The Kier molecular flexibility index (Phi) is 8.39. The van der Waals surface area contributed by atoms with E-state index >= 15 is 0 Å². The van der Waals surface area contributed by atoms with Crippen LogP contribution in [0.4, 0.5) is 8.78 Å². The molecular weight excluding hydrogens is 494 g/mol. The fraction of sp³-hybridized carbons (Fsp3) is 0.345. The van der Waals surface area contributed by atoms with Gasteiger partial charge in [0.25, 0.3) is 0 Å². The van der Waals surface area contributed by atoms with E-state index in [-0.39, 0.29) is 29.7 Å². The molecule has 0 saturated carbocycles. The summed E-state index contributed by atoms with van der Waals surface area (Å²) in [5.74, 6) is -0.980. The molecule has 0 spiro atoms. The molecule has 196 valence electrons. The molecule has 8 heteroatoms. The van der Waals surface area contributed by atoms with Gasteiger partial charge in [-0.05, 0) is 85.2 Å². The molecule has 1 amide bonds. The lowest BCUT2D eigenvalue weighted by Gasteiger charge is -2.40. The summed E-state index contributed by atoms with van der Waals surface area (Å²) in [4.78, 5) is 13.6. The normalized spacial score (nSPS) is 15.9. The van der Waals surface area contributed by atoms with Gasteiger partial charge in [-0.2, -0.15) is 4.31 Å². The van der Waals surface area contributed by atoms with Crippen LogP contribution in [-0.4, -0.2) is 38.3 Å². The number of benzene rings is 3. The molecule has 0 bridgehead atoms. The van der Waals surface area contributed by atoms with Crippen molar-refractivity contribution in [2.24, 2.45) is 5.41 Å². The lowest BCUT2D eigenvalue weighted by atomic mass is 9.73. The number of carbonyl (C=O) groups is 1. The van der Waals surface area contributed by atoms with Crippen LogP contribution >= 0.6 is 0 Å². The van der Waals surface area contributed by atoms with Crippen LogP contribution in [0.3, 0.4) is 0 Å². The van der Waals surface area contributed by atoms with Crippen LogP contribution < -0.4 is 5.32 Å². The van der Waals surface area contributed by atoms with Gasteiger partial charge in [-0.15, -0.1) is 0 Å². The molecule has 0 aliphatic carbocycles. The smallest absolute Gasteiger partial charge is 0.243 e. The molecule has 3 aromatic rings. The predicted octanol–water partition coefficient (Wildman–Crippen LogP) is 4.90. The Hall–Kier alpha value is -3.10. The molecule has 0 aromatic heterocycles. The van der Waals surface area contributed by atoms with Crippen LogP contribution in [0, 0.1) is 17.0 Å². The zero-order valence-electron chi connectivity index (χ0n) is 20.9. The largest absolute Gasteiger partial charge is 0.355 e. The number of nitrogens with one attached hydrogen (secondary N) is 1. The van der Waals surface area contributed by atoms with Crippen molar-refractivity contribution in [1.82, 2.24) is 9.62 Å². The van der Waals surface area contributed by atoms with Gasteiger partial charge < -0.3 is 5.32 Å². The molecule has 1 aliphatic rings. The number of aryl methyl sites for hydroxylation is 1. The highest BCUT2D eigenvalue weighted by Crippen LogP contribution is 2.37. The van der Waals surface area contributed by atoms with Gasteiger partial charge in [0.2, 0.25) is 15.9 Å². The van der Waals surface area contributed by atoms with Crippen molar-refractivity contribution in [2.45, 2.75) is 43.9 Å². The van der Waals surface area contributed by atoms with Gasteiger partial charge in [-0.3, -0.25) is 4.79 Å². The Bertz CT molecular complexity index is 1300. The van der Waals surface area contributed by atoms with Gasteiger partial charge in [-0.25, -0.2) is 17.2 Å². The van der Waals surface area contributed by atoms with E-state index in [0.717, 1.165) is 29.7 Å². The monoisotopic (exact) mass is 526 g/mol. The Balaban J connectivity index is 1.47. The van der Waals surface area contributed by atoms with Gasteiger partial charge in [0.05, 0.1) is 10.3 Å². The SMILES string of the molecule is CCc1ccc(CCNC(=O)C2(Cc3ccc(F)cc3)CCN(S(=O)(=O)c3ccc(F)cc3)CC2)cc1.